The van der Waals surface area contributed by atoms with Gasteiger partial charge in [0.25, 0.3) is 5.91 Å². The lowest BCUT2D eigenvalue weighted by molar-refractivity contribution is -0.125. The zero-order valence-electron chi connectivity index (χ0n) is 18.7. The summed E-state index contributed by atoms with van der Waals surface area (Å²) in [6.07, 6.45) is 8.25. The van der Waals surface area contributed by atoms with Crippen LogP contribution in [-0.4, -0.2) is 34.0 Å². The Labute approximate surface area is 194 Å². The van der Waals surface area contributed by atoms with Crippen LogP contribution < -0.4 is 4.74 Å². The summed E-state index contributed by atoms with van der Waals surface area (Å²) in [4.78, 5) is 19.1. The molecule has 3 heterocycles. The van der Waals surface area contributed by atoms with Gasteiger partial charge in [-0.1, -0.05) is 12.1 Å². The minimum atomic E-state index is -1.48. The number of aryl methyl sites for hydroxylation is 1. The molecule has 8 heteroatoms. The van der Waals surface area contributed by atoms with Crippen LogP contribution in [0.5, 0.6) is 5.75 Å². The van der Waals surface area contributed by atoms with E-state index < -0.39 is 17.5 Å². The van der Waals surface area contributed by atoms with Crippen molar-refractivity contribution < 1.29 is 22.7 Å². The van der Waals surface area contributed by atoms with Gasteiger partial charge in [-0.3, -0.25) is 4.79 Å². The van der Waals surface area contributed by atoms with Gasteiger partial charge in [0.15, 0.2) is 17.5 Å². The van der Waals surface area contributed by atoms with Gasteiger partial charge in [0.1, 0.15) is 5.75 Å². The van der Waals surface area contributed by atoms with E-state index in [9.17, 15) is 18.0 Å². The first-order chi connectivity index (χ1) is 16.4. The molecule has 174 valence electrons. The lowest BCUT2D eigenvalue weighted by atomic mass is 9.92. The number of amides is 1. The number of rotatable bonds is 4. The Kier molecular flexibility index (Phi) is 5.51. The lowest BCUT2D eigenvalue weighted by Crippen LogP contribution is -2.31. The fourth-order valence-electron chi connectivity index (χ4n) is 4.66. The molecule has 0 radical (unpaired) electrons. The van der Waals surface area contributed by atoms with Crippen molar-refractivity contribution in [2.24, 2.45) is 0 Å². The first-order valence-corrected chi connectivity index (χ1v) is 10.9. The zero-order chi connectivity index (χ0) is 24.0. The number of hydrogen-bond acceptors (Lipinski definition) is 3. The monoisotopic (exact) mass is 465 g/mol. The SMILES string of the molecule is COc1cc(C=C2CC=C3C(c4cc(F)c(F)c(F)c4)CCN3C2=O)ccc1-n1cnc(C)c1. The Morgan fingerprint density at radius 3 is 2.59 bits per heavy atom. The van der Waals surface area contributed by atoms with Crippen molar-refractivity contribution in [3.05, 3.63) is 94.5 Å². The number of benzene rings is 2. The molecule has 2 aliphatic rings. The molecule has 1 fully saturated rings. The van der Waals surface area contributed by atoms with Gasteiger partial charge in [-0.25, -0.2) is 18.2 Å². The van der Waals surface area contributed by atoms with Gasteiger partial charge in [0, 0.05) is 29.9 Å². The van der Waals surface area contributed by atoms with Crippen LogP contribution in [0.1, 0.15) is 35.6 Å². The molecule has 5 rings (SSSR count). The molecule has 1 aromatic heterocycles. The number of fused-ring (bicyclic) bond motifs is 1. The maximum Gasteiger partial charge on any atom is 0.254 e. The third-order valence-electron chi connectivity index (χ3n) is 6.30. The Morgan fingerprint density at radius 2 is 1.91 bits per heavy atom. The number of methoxy groups -OCH3 is 1. The van der Waals surface area contributed by atoms with E-state index in [0.717, 1.165) is 29.1 Å². The minimum absolute atomic E-state index is 0.142. The number of halogens is 3. The molecule has 3 aromatic rings. The average molecular weight is 465 g/mol. The first-order valence-electron chi connectivity index (χ1n) is 10.9. The number of carbonyl (C=O) groups excluding carboxylic acids is 1. The van der Waals surface area contributed by atoms with Gasteiger partial charge in [-0.2, -0.15) is 0 Å². The summed E-state index contributed by atoms with van der Waals surface area (Å²) in [5.41, 5.74) is 4.18. The molecular weight excluding hydrogens is 443 g/mol. The van der Waals surface area contributed by atoms with Crippen LogP contribution in [0.3, 0.4) is 0 Å². The number of imidazole rings is 1. The predicted octanol–water partition coefficient (Wildman–Crippen LogP) is 5.29. The Balaban J connectivity index is 1.43. The lowest BCUT2D eigenvalue weighted by Gasteiger charge is -2.26. The van der Waals surface area contributed by atoms with E-state index in [1.165, 1.54) is 0 Å². The second-order valence-corrected chi connectivity index (χ2v) is 8.45. The van der Waals surface area contributed by atoms with Gasteiger partial charge in [-0.15, -0.1) is 0 Å². The number of allylic oxidation sites excluding steroid dienone is 2. The number of aromatic nitrogens is 2. The number of ether oxygens (including phenoxy) is 1. The molecule has 0 aliphatic carbocycles. The van der Waals surface area contributed by atoms with Crippen molar-refractivity contribution in [2.75, 3.05) is 13.7 Å². The third-order valence-corrected chi connectivity index (χ3v) is 6.30. The Bertz CT molecular complexity index is 1340. The number of carbonyl (C=O) groups is 1. The molecule has 0 spiro atoms. The average Bonchev–Trinajstić information content (AvgIpc) is 3.45. The van der Waals surface area contributed by atoms with E-state index in [2.05, 4.69) is 4.98 Å². The van der Waals surface area contributed by atoms with E-state index in [-0.39, 0.29) is 11.8 Å². The summed E-state index contributed by atoms with van der Waals surface area (Å²) < 4.78 is 48.3. The minimum Gasteiger partial charge on any atom is -0.495 e. The van der Waals surface area contributed by atoms with Crippen LogP contribution in [0.4, 0.5) is 13.2 Å². The summed E-state index contributed by atoms with van der Waals surface area (Å²) in [6, 6.07) is 7.70. The van der Waals surface area contributed by atoms with Gasteiger partial charge in [0.05, 0.1) is 24.8 Å². The molecule has 2 aromatic carbocycles. The van der Waals surface area contributed by atoms with Crippen LogP contribution in [-0.2, 0) is 4.79 Å². The molecule has 1 saturated heterocycles. The normalized spacial score (nSPS) is 18.9. The van der Waals surface area contributed by atoms with Gasteiger partial charge in [-0.05, 0) is 61.2 Å². The van der Waals surface area contributed by atoms with Gasteiger partial charge < -0.3 is 14.2 Å². The van der Waals surface area contributed by atoms with E-state index in [1.807, 2.05) is 48.0 Å². The van der Waals surface area contributed by atoms with Crippen molar-refractivity contribution in [1.82, 2.24) is 14.5 Å². The number of hydrogen-bond donors (Lipinski definition) is 0. The van der Waals surface area contributed by atoms with Crippen LogP contribution in [0, 0.1) is 24.4 Å². The van der Waals surface area contributed by atoms with E-state index in [0.29, 0.717) is 42.0 Å². The van der Waals surface area contributed by atoms with E-state index >= 15 is 0 Å². The van der Waals surface area contributed by atoms with Crippen LogP contribution >= 0.6 is 0 Å². The highest BCUT2D eigenvalue weighted by Crippen LogP contribution is 2.41. The fraction of sp³-hybridized carbons (Fsp3) is 0.231. The third kappa shape index (κ3) is 3.79. The standard InChI is InChI=1S/C26H22F3N3O2/c1-15-13-31(14-30-15)23-5-3-16(10-24(23)34-2)9-17-4-6-22-19(7-8-32(22)26(17)33)18-11-20(27)25(29)21(28)12-18/h3,5-6,9-14,19H,4,7-8H2,1-2H3. The van der Waals surface area contributed by atoms with Crippen LogP contribution in [0.2, 0.25) is 0 Å². The quantitative estimate of drug-likeness (QED) is 0.388. The van der Waals surface area contributed by atoms with Gasteiger partial charge >= 0.3 is 0 Å². The molecule has 2 aliphatic heterocycles. The van der Waals surface area contributed by atoms with Crippen molar-refractivity contribution in [3.63, 3.8) is 0 Å². The highest BCUT2D eigenvalue weighted by atomic mass is 19.2. The highest BCUT2D eigenvalue weighted by Gasteiger charge is 2.37. The molecule has 5 nitrogen and oxygen atoms in total. The molecule has 1 atom stereocenters. The first kappa shape index (κ1) is 22.0. The topological polar surface area (TPSA) is 47.4 Å². The zero-order valence-corrected chi connectivity index (χ0v) is 18.7. The highest BCUT2D eigenvalue weighted by molar-refractivity contribution is 6.00. The maximum absolute atomic E-state index is 13.8. The van der Waals surface area contributed by atoms with Crippen molar-refractivity contribution in [3.8, 4) is 11.4 Å². The Morgan fingerprint density at radius 1 is 1.15 bits per heavy atom. The summed E-state index contributed by atoms with van der Waals surface area (Å²) in [5, 5.41) is 0. The molecule has 0 N–H and O–H groups in total. The summed E-state index contributed by atoms with van der Waals surface area (Å²) >= 11 is 0. The summed E-state index contributed by atoms with van der Waals surface area (Å²) in [7, 11) is 1.59. The van der Waals surface area contributed by atoms with Crippen molar-refractivity contribution >= 4 is 12.0 Å². The largest absolute Gasteiger partial charge is 0.495 e. The smallest absolute Gasteiger partial charge is 0.254 e. The maximum atomic E-state index is 13.8. The summed E-state index contributed by atoms with van der Waals surface area (Å²) in [5.74, 6) is -3.78. The fourth-order valence-corrected chi connectivity index (χ4v) is 4.66. The molecular formula is C26H22F3N3O2. The number of nitrogens with zero attached hydrogens (tertiary/aromatic N) is 3. The second kappa shape index (κ2) is 8.52. The molecule has 34 heavy (non-hydrogen) atoms. The molecule has 1 unspecified atom stereocenters. The van der Waals surface area contributed by atoms with E-state index in [4.69, 9.17) is 4.74 Å². The summed E-state index contributed by atoms with van der Waals surface area (Å²) in [6.45, 7) is 2.33. The van der Waals surface area contributed by atoms with Crippen LogP contribution in [0.15, 0.2) is 60.2 Å². The van der Waals surface area contributed by atoms with Crippen molar-refractivity contribution in [2.45, 2.75) is 25.7 Å². The Hall–Kier alpha value is -3.81. The second-order valence-electron chi connectivity index (χ2n) is 8.45. The molecule has 0 saturated carbocycles. The molecule has 1 amide bonds. The van der Waals surface area contributed by atoms with Crippen LogP contribution in [0.25, 0.3) is 11.8 Å². The van der Waals surface area contributed by atoms with E-state index in [1.54, 1.807) is 18.3 Å². The van der Waals surface area contributed by atoms with Gasteiger partial charge in [0.2, 0.25) is 0 Å². The van der Waals surface area contributed by atoms with Crippen molar-refractivity contribution in [1.29, 1.82) is 0 Å². The predicted molar refractivity (Wildman–Crippen MR) is 121 cm³/mol. The molecule has 0 bridgehead atoms.